The van der Waals surface area contributed by atoms with Gasteiger partial charge in [0.25, 0.3) is 0 Å². The van der Waals surface area contributed by atoms with E-state index in [9.17, 15) is 0 Å². The molecule has 0 nitrogen and oxygen atoms in total. The molecule has 0 fully saturated rings. The molecule has 0 saturated heterocycles. The molecule has 0 atom stereocenters. The van der Waals surface area contributed by atoms with Crippen LogP contribution in [-0.2, 0) is 12.8 Å². The molecule has 0 N–H and O–H groups in total. The summed E-state index contributed by atoms with van der Waals surface area (Å²) in [5.41, 5.74) is 3.61. The second kappa shape index (κ2) is 3.95. The van der Waals surface area contributed by atoms with Crippen LogP contribution in [0.3, 0.4) is 0 Å². The highest BCUT2D eigenvalue weighted by Gasteiger charge is 2.27. The molecule has 0 unspecified atom stereocenters. The Morgan fingerprint density at radius 1 is 0.923 bits per heavy atom. The Kier molecular flexibility index (Phi) is 3.13. The Hall–Kier alpha value is -0.780. The van der Waals surface area contributed by atoms with Gasteiger partial charge in [-0.1, -0.05) is 52.0 Å². The molecule has 0 spiro atoms. The van der Waals surface area contributed by atoms with E-state index < -0.39 is 0 Å². The van der Waals surface area contributed by atoms with E-state index in [4.69, 9.17) is 0 Å². The van der Waals surface area contributed by atoms with Crippen molar-refractivity contribution >= 4 is 0 Å². The predicted octanol–water partition coefficient (Wildman–Crippen LogP) is 3.84. The van der Waals surface area contributed by atoms with Crippen LogP contribution in [0, 0.1) is 5.41 Å². The van der Waals surface area contributed by atoms with E-state index in [0.717, 1.165) is 0 Å². The molecule has 0 amide bonds. The Labute approximate surface area is 82.0 Å². The molecular formula is C13H20. The van der Waals surface area contributed by atoms with Crippen molar-refractivity contribution in [2.75, 3.05) is 0 Å². The minimum absolute atomic E-state index is 0.504. The van der Waals surface area contributed by atoms with Crippen LogP contribution >= 0.6 is 0 Å². The first-order chi connectivity index (χ1) is 6.17. The third-order valence-corrected chi connectivity index (χ3v) is 2.46. The lowest BCUT2D eigenvalue weighted by Gasteiger charge is -2.14. The molecule has 2 rings (SSSR count). The third-order valence-electron chi connectivity index (χ3n) is 2.46. The number of hydrogen-bond donors (Lipinski definition) is 0. The van der Waals surface area contributed by atoms with Crippen molar-refractivity contribution in [1.82, 2.24) is 0 Å². The standard InChI is InChI=1S/C11H14.C2H6/c1-11(2)7-9-5-3-4-6-10(9)8-11;1-2/h3-6H,7-8H2,1-2H3;1-2H3. The summed E-state index contributed by atoms with van der Waals surface area (Å²) in [6, 6.07) is 8.79. The van der Waals surface area contributed by atoms with Gasteiger partial charge in [-0.2, -0.15) is 0 Å². The summed E-state index contributed by atoms with van der Waals surface area (Å²) in [4.78, 5) is 0. The zero-order chi connectivity index (χ0) is 9.90. The maximum absolute atomic E-state index is 2.34. The topological polar surface area (TPSA) is 0 Å². The van der Waals surface area contributed by atoms with E-state index >= 15 is 0 Å². The van der Waals surface area contributed by atoms with Gasteiger partial charge in [-0.05, 0) is 29.4 Å². The van der Waals surface area contributed by atoms with E-state index in [1.165, 1.54) is 12.8 Å². The first-order valence-electron chi connectivity index (χ1n) is 5.24. The summed E-state index contributed by atoms with van der Waals surface area (Å²) in [6.45, 7) is 8.68. The van der Waals surface area contributed by atoms with Gasteiger partial charge in [-0.15, -0.1) is 0 Å². The summed E-state index contributed by atoms with van der Waals surface area (Å²) >= 11 is 0. The average Bonchev–Trinajstić information content (AvgIpc) is 2.41. The van der Waals surface area contributed by atoms with Gasteiger partial charge in [0.05, 0.1) is 0 Å². The monoisotopic (exact) mass is 176 g/mol. The molecule has 0 bridgehead atoms. The van der Waals surface area contributed by atoms with Crippen molar-refractivity contribution in [2.24, 2.45) is 5.41 Å². The van der Waals surface area contributed by atoms with Crippen LogP contribution in [0.15, 0.2) is 24.3 Å². The summed E-state index contributed by atoms with van der Waals surface area (Å²) in [5, 5.41) is 0. The van der Waals surface area contributed by atoms with Crippen LogP contribution in [0.25, 0.3) is 0 Å². The number of fused-ring (bicyclic) bond motifs is 1. The second-order valence-corrected chi connectivity index (χ2v) is 4.29. The fourth-order valence-corrected chi connectivity index (χ4v) is 2.00. The zero-order valence-corrected chi connectivity index (χ0v) is 9.22. The van der Waals surface area contributed by atoms with Gasteiger partial charge >= 0.3 is 0 Å². The molecule has 0 heteroatoms. The zero-order valence-electron chi connectivity index (χ0n) is 9.22. The molecule has 13 heavy (non-hydrogen) atoms. The Morgan fingerprint density at radius 3 is 1.69 bits per heavy atom. The molecule has 1 aromatic rings. The molecule has 0 saturated carbocycles. The second-order valence-electron chi connectivity index (χ2n) is 4.29. The van der Waals surface area contributed by atoms with Crippen molar-refractivity contribution in [2.45, 2.75) is 40.5 Å². The van der Waals surface area contributed by atoms with E-state index in [1.54, 1.807) is 11.1 Å². The molecule has 0 heterocycles. The average molecular weight is 176 g/mol. The molecule has 1 aliphatic carbocycles. The highest BCUT2D eigenvalue weighted by atomic mass is 14.3. The van der Waals surface area contributed by atoms with E-state index in [0.29, 0.717) is 5.41 Å². The molecule has 1 aliphatic rings. The smallest absolute Gasteiger partial charge is 0.0221 e. The minimum atomic E-state index is 0.504. The van der Waals surface area contributed by atoms with Crippen molar-refractivity contribution in [1.29, 1.82) is 0 Å². The first-order valence-corrected chi connectivity index (χ1v) is 5.24. The lowest BCUT2D eigenvalue weighted by Crippen LogP contribution is -2.09. The minimum Gasteiger partial charge on any atom is -0.0683 e. The Bertz CT molecular complexity index is 244. The highest BCUT2D eigenvalue weighted by molar-refractivity contribution is 5.33. The van der Waals surface area contributed by atoms with E-state index in [-0.39, 0.29) is 0 Å². The normalized spacial score (nSPS) is 17.2. The van der Waals surface area contributed by atoms with Gasteiger partial charge in [0.2, 0.25) is 0 Å². The van der Waals surface area contributed by atoms with Gasteiger partial charge in [0.15, 0.2) is 0 Å². The summed E-state index contributed by atoms with van der Waals surface area (Å²) < 4.78 is 0. The summed E-state index contributed by atoms with van der Waals surface area (Å²) in [7, 11) is 0. The van der Waals surface area contributed by atoms with Crippen molar-refractivity contribution < 1.29 is 0 Å². The quantitative estimate of drug-likeness (QED) is 0.563. The number of benzene rings is 1. The van der Waals surface area contributed by atoms with Crippen LogP contribution in [0.1, 0.15) is 38.8 Å². The van der Waals surface area contributed by atoms with Crippen LogP contribution in [0.5, 0.6) is 0 Å². The summed E-state index contributed by atoms with van der Waals surface area (Å²) in [5.74, 6) is 0. The van der Waals surface area contributed by atoms with Crippen LogP contribution in [-0.4, -0.2) is 0 Å². The summed E-state index contributed by atoms with van der Waals surface area (Å²) in [6.07, 6.45) is 2.51. The van der Waals surface area contributed by atoms with Crippen LogP contribution in [0.2, 0.25) is 0 Å². The number of hydrogen-bond acceptors (Lipinski definition) is 0. The number of rotatable bonds is 0. The lowest BCUT2D eigenvalue weighted by molar-refractivity contribution is 0.392. The Morgan fingerprint density at radius 2 is 1.31 bits per heavy atom. The van der Waals surface area contributed by atoms with Gasteiger partial charge in [-0.25, -0.2) is 0 Å². The fourth-order valence-electron chi connectivity index (χ4n) is 2.00. The molecule has 1 aromatic carbocycles. The maximum Gasteiger partial charge on any atom is -0.0221 e. The van der Waals surface area contributed by atoms with Crippen LogP contribution in [0.4, 0.5) is 0 Å². The van der Waals surface area contributed by atoms with Gasteiger partial charge in [-0.3, -0.25) is 0 Å². The lowest BCUT2D eigenvalue weighted by atomic mass is 9.90. The third kappa shape index (κ3) is 2.33. The van der Waals surface area contributed by atoms with Crippen molar-refractivity contribution in [3.8, 4) is 0 Å². The molecule has 0 radical (unpaired) electrons. The van der Waals surface area contributed by atoms with Crippen LogP contribution < -0.4 is 0 Å². The SMILES string of the molecule is CC.CC1(C)Cc2ccccc2C1. The largest absolute Gasteiger partial charge is 0.0683 e. The highest BCUT2D eigenvalue weighted by Crippen LogP contribution is 2.35. The van der Waals surface area contributed by atoms with E-state index in [1.807, 2.05) is 13.8 Å². The fraction of sp³-hybridized carbons (Fsp3) is 0.538. The Balaban J connectivity index is 0.000000396. The van der Waals surface area contributed by atoms with Gasteiger partial charge < -0.3 is 0 Å². The first kappa shape index (κ1) is 10.3. The predicted molar refractivity (Wildman–Crippen MR) is 59.0 cm³/mol. The molecule has 0 aromatic heterocycles. The maximum atomic E-state index is 2.34. The molecule has 72 valence electrons. The molecular weight excluding hydrogens is 156 g/mol. The van der Waals surface area contributed by atoms with Gasteiger partial charge in [0.1, 0.15) is 0 Å². The van der Waals surface area contributed by atoms with Gasteiger partial charge in [0, 0.05) is 0 Å². The van der Waals surface area contributed by atoms with Crippen molar-refractivity contribution in [3.63, 3.8) is 0 Å². The molecule has 0 aliphatic heterocycles. The van der Waals surface area contributed by atoms with Crippen molar-refractivity contribution in [3.05, 3.63) is 35.4 Å². The van der Waals surface area contributed by atoms with E-state index in [2.05, 4.69) is 38.1 Å².